The average Bonchev–Trinajstić information content (AvgIpc) is 3.23. The van der Waals surface area contributed by atoms with Crippen molar-refractivity contribution in [2.24, 2.45) is 0 Å². The molecular weight excluding hydrogens is 370 g/mol. The van der Waals surface area contributed by atoms with E-state index in [0.717, 1.165) is 35.1 Å². The second kappa shape index (κ2) is 6.88. The Labute approximate surface area is 168 Å². The number of carbonyl (C=O) groups is 2. The van der Waals surface area contributed by atoms with Crippen LogP contribution in [0.4, 0.5) is 4.79 Å². The van der Waals surface area contributed by atoms with Crippen molar-refractivity contribution in [1.29, 1.82) is 0 Å². The number of carboxylic acids is 1. The van der Waals surface area contributed by atoms with Crippen LogP contribution >= 0.6 is 0 Å². The van der Waals surface area contributed by atoms with Gasteiger partial charge in [0.25, 0.3) is 0 Å². The molecule has 0 aromatic heterocycles. The number of nitrogens with one attached hydrogen (secondary N) is 1. The lowest BCUT2D eigenvalue weighted by Gasteiger charge is -2.37. The first-order valence-electron chi connectivity index (χ1n) is 10.1. The largest absolute Gasteiger partial charge is 0.479 e. The quantitative estimate of drug-likeness (QED) is 0.828. The number of benzene rings is 2. The molecule has 150 valence electrons. The maximum Gasteiger partial charge on any atom is 0.408 e. The van der Waals surface area contributed by atoms with Crippen LogP contribution in [0.25, 0.3) is 11.1 Å². The molecule has 5 rings (SSSR count). The lowest BCUT2D eigenvalue weighted by molar-refractivity contribution is -0.152. The van der Waals surface area contributed by atoms with Crippen LogP contribution in [0.5, 0.6) is 0 Å². The molecule has 0 spiro atoms. The molecule has 2 bridgehead atoms. The molecule has 2 heterocycles. The third-order valence-corrected chi connectivity index (χ3v) is 6.44. The van der Waals surface area contributed by atoms with E-state index in [1.54, 1.807) is 0 Å². The van der Waals surface area contributed by atoms with Crippen LogP contribution in [0.3, 0.4) is 0 Å². The third-order valence-electron chi connectivity index (χ3n) is 6.44. The van der Waals surface area contributed by atoms with Gasteiger partial charge < -0.3 is 19.9 Å². The predicted molar refractivity (Wildman–Crippen MR) is 106 cm³/mol. The highest BCUT2D eigenvalue weighted by Crippen LogP contribution is 2.44. The first-order chi connectivity index (χ1) is 14.1. The van der Waals surface area contributed by atoms with Gasteiger partial charge in [-0.2, -0.15) is 0 Å². The molecule has 2 aromatic carbocycles. The molecule has 2 atom stereocenters. The Bertz CT molecular complexity index is 914. The van der Waals surface area contributed by atoms with Gasteiger partial charge in [0.2, 0.25) is 0 Å². The lowest BCUT2D eigenvalue weighted by Crippen LogP contribution is -2.59. The van der Waals surface area contributed by atoms with Crippen molar-refractivity contribution in [3.05, 3.63) is 59.7 Å². The van der Waals surface area contributed by atoms with Gasteiger partial charge in [0, 0.05) is 18.8 Å². The standard InChI is InChI=1S/C23H23NO5/c25-21(26)23(11-14-9-10-15(12-23)29-14)24-22(27)28-13-20-18-7-3-1-5-16(18)17-6-2-4-8-19(17)20/h1-8,14-15,20H,9-13H2,(H,24,27)(H,25,26). The minimum absolute atomic E-state index is 0.0557. The van der Waals surface area contributed by atoms with E-state index < -0.39 is 17.6 Å². The average molecular weight is 393 g/mol. The number of carbonyl (C=O) groups excluding carboxylic acids is 1. The molecule has 2 aromatic rings. The summed E-state index contributed by atoms with van der Waals surface area (Å²) in [6.07, 6.45) is 1.33. The van der Waals surface area contributed by atoms with E-state index in [1.165, 1.54) is 0 Å². The summed E-state index contributed by atoms with van der Waals surface area (Å²) in [6, 6.07) is 16.2. The number of carboxylic acid groups (broad SMARTS) is 1. The Balaban J connectivity index is 1.31. The van der Waals surface area contributed by atoms with E-state index in [0.29, 0.717) is 0 Å². The molecule has 6 nitrogen and oxygen atoms in total. The molecule has 2 fully saturated rings. The van der Waals surface area contributed by atoms with Gasteiger partial charge in [-0.15, -0.1) is 0 Å². The zero-order valence-corrected chi connectivity index (χ0v) is 16.0. The smallest absolute Gasteiger partial charge is 0.408 e. The Morgan fingerprint density at radius 3 is 2.10 bits per heavy atom. The van der Waals surface area contributed by atoms with Crippen LogP contribution in [0.2, 0.25) is 0 Å². The first kappa shape index (κ1) is 18.2. The van der Waals surface area contributed by atoms with Crippen LogP contribution in [0.1, 0.15) is 42.7 Å². The van der Waals surface area contributed by atoms with Crippen LogP contribution in [-0.4, -0.2) is 41.5 Å². The number of hydrogen-bond acceptors (Lipinski definition) is 4. The summed E-state index contributed by atoms with van der Waals surface area (Å²) in [5.41, 5.74) is 3.24. The van der Waals surface area contributed by atoms with Crippen molar-refractivity contribution >= 4 is 12.1 Å². The second-order valence-electron chi connectivity index (χ2n) is 8.20. The fraction of sp³-hybridized carbons (Fsp3) is 0.391. The number of amides is 1. The summed E-state index contributed by atoms with van der Waals surface area (Å²) in [5, 5.41) is 12.5. The van der Waals surface area contributed by atoms with Crippen molar-refractivity contribution in [2.75, 3.05) is 6.61 Å². The molecule has 2 unspecified atom stereocenters. The van der Waals surface area contributed by atoms with Gasteiger partial charge in [-0.1, -0.05) is 48.5 Å². The molecule has 6 heteroatoms. The van der Waals surface area contributed by atoms with Gasteiger partial charge in [-0.25, -0.2) is 9.59 Å². The molecule has 1 aliphatic carbocycles. The third kappa shape index (κ3) is 3.08. The molecule has 2 aliphatic heterocycles. The van der Waals surface area contributed by atoms with Gasteiger partial charge in [-0.05, 0) is 35.1 Å². The van der Waals surface area contributed by atoms with E-state index in [-0.39, 0.29) is 37.6 Å². The first-order valence-corrected chi connectivity index (χ1v) is 10.1. The van der Waals surface area contributed by atoms with Gasteiger partial charge >= 0.3 is 12.1 Å². The summed E-state index contributed by atoms with van der Waals surface area (Å²) in [4.78, 5) is 24.6. The zero-order valence-electron chi connectivity index (χ0n) is 16.0. The second-order valence-corrected chi connectivity index (χ2v) is 8.20. The van der Waals surface area contributed by atoms with Crippen molar-refractivity contribution < 1.29 is 24.2 Å². The Morgan fingerprint density at radius 2 is 1.55 bits per heavy atom. The van der Waals surface area contributed by atoms with Gasteiger partial charge in [0.15, 0.2) is 0 Å². The molecular formula is C23H23NO5. The van der Waals surface area contributed by atoms with Crippen molar-refractivity contribution in [2.45, 2.75) is 49.3 Å². The van der Waals surface area contributed by atoms with E-state index >= 15 is 0 Å². The van der Waals surface area contributed by atoms with Gasteiger partial charge in [0.1, 0.15) is 12.1 Å². The Morgan fingerprint density at radius 1 is 1.00 bits per heavy atom. The molecule has 0 saturated carbocycles. The number of fused-ring (bicyclic) bond motifs is 5. The number of rotatable bonds is 4. The normalized spacial score (nSPS) is 27.2. The number of alkyl carbamates (subject to hydrolysis) is 1. The lowest BCUT2D eigenvalue weighted by atomic mass is 9.86. The highest BCUT2D eigenvalue weighted by atomic mass is 16.5. The van der Waals surface area contributed by atoms with E-state index in [4.69, 9.17) is 9.47 Å². The summed E-state index contributed by atoms with van der Waals surface area (Å²) < 4.78 is 11.3. The van der Waals surface area contributed by atoms with Crippen molar-refractivity contribution in [3.8, 4) is 11.1 Å². The van der Waals surface area contributed by atoms with Crippen LogP contribution in [-0.2, 0) is 14.3 Å². The fourth-order valence-corrected chi connectivity index (χ4v) is 5.10. The molecule has 1 amide bonds. The maximum atomic E-state index is 12.6. The zero-order chi connectivity index (χ0) is 20.0. The predicted octanol–water partition coefficient (Wildman–Crippen LogP) is 3.69. The molecule has 29 heavy (non-hydrogen) atoms. The Kier molecular flexibility index (Phi) is 4.32. The molecule has 2 N–H and O–H groups in total. The van der Waals surface area contributed by atoms with E-state index in [9.17, 15) is 14.7 Å². The van der Waals surface area contributed by atoms with Crippen LogP contribution in [0.15, 0.2) is 48.5 Å². The van der Waals surface area contributed by atoms with E-state index in [2.05, 4.69) is 29.6 Å². The number of aliphatic carboxylic acids is 1. The SMILES string of the molecule is O=C(NC1(C(=O)O)CC2CCC(C1)O2)OCC1c2ccccc2-c2ccccc21. The highest BCUT2D eigenvalue weighted by molar-refractivity contribution is 5.85. The van der Waals surface area contributed by atoms with Gasteiger partial charge in [-0.3, -0.25) is 0 Å². The number of hydrogen-bond donors (Lipinski definition) is 2. The molecule has 0 radical (unpaired) electrons. The topological polar surface area (TPSA) is 84.9 Å². The maximum absolute atomic E-state index is 12.6. The number of ether oxygens (including phenoxy) is 2. The highest BCUT2D eigenvalue weighted by Gasteiger charge is 2.51. The Hall–Kier alpha value is -2.86. The summed E-state index contributed by atoms with van der Waals surface area (Å²) in [7, 11) is 0. The van der Waals surface area contributed by atoms with Gasteiger partial charge in [0.05, 0.1) is 12.2 Å². The van der Waals surface area contributed by atoms with Crippen LogP contribution in [0, 0.1) is 0 Å². The van der Waals surface area contributed by atoms with Crippen molar-refractivity contribution in [3.63, 3.8) is 0 Å². The monoisotopic (exact) mass is 393 g/mol. The summed E-state index contributed by atoms with van der Waals surface area (Å²) in [5.74, 6) is -1.08. The minimum Gasteiger partial charge on any atom is -0.479 e. The minimum atomic E-state index is -1.31. The molecule has 3 aliphatic rings. The summed E-state index contributed by atoms with van der Waals surface area (Å²) >= 11 is 0. The van der Waals surface area contributed by atoms with E-state index in [1.807, 2.05) is 24.3 Å². The van der Waals surface area contributed by atoms with Crippen molar-refractivity contribution in [1.82, 2.24) is 5.32 Å². The van der Waals surface area contributed by atoms with Crippen LogP contribution < -0.4 is 5.32 Å². The summed E-state index contributed by atoms with van der Waals surface area (Å²) in [6.45, 7) is 0.166. The molecule has 2 saturated heterocycles. The fourth-order valence-electron chi connectivity index (χ4n) is 5.10.